The van der Waals surface area contributed by atoms with E-state index in [4.69, 9.17) is 0 Å². The number of nitrogens with one attached hydrogen (secondary N) is 1. The summed E-state index contributed by atoms with van der Waals surface area (Å²) in [4.78, 5) is 0. The van der Waals surface area contributed by atoms with E-state index >= 15 is 0 Å². The summed E-state index contributed by atoms with van der Waals surface area (Å²) in [6.07, 6.45) is 5.90. The molecule has 1 N–H and O–H groups in total. The Morgan fingerprint density at radius 1 is 0.439 bits per heavy atom. The van der Waals surface area contributed by atoms with E-state index in [1.54, 1.807) is 0 Å². The Hall–Kier alpha value is -6.96. The average molecular weight is 728 g/mol. The van der Waals surface area contributed by atoms with Crippen molar-refractivity contribution in [3.63, 3.8) is 0 Å². The van der Waals surface area contributed by atoms with Crippen LogP contribution in [-0.2, 0) is 5.41 Å². The molecule has 8 aromatic carbocycles. The maximum absolute atomic E-state index is 4.10. The van der Waals surface area contributed by atoms with Crippen LogP contribution in [0.3, 0.4) is 0 Å². The summed E-state index contributed by atoms with van der Waals surface area (Å²) in [5, 5.41) is 4.10. The zero-order chi connectivity index (χ0) is 37.9. The van der Waals surface area contributed by atoms with E-state index < -0.39 is 5.41 Å². The quantitative estimate of drug-likeness (QED) is 0.180. The van der Waals surface area contributed by atoms with Crippen LogP contribution >= 0.6 is 0 Å². The summed E-state index contributed by atoms with van der Waals surface area (Å²) in [6.45, 7) is 2.39. The predicted octanol–water partition coefficient (Wildman–Crippen LogP) is 14.6. The van der Waals surface area contributed by atoms with Crippen LogP contribution in [0.4, 0.5) is 11.4 Å². The summed E-state index contributed by atoms with van der Waals surface area (Å²) in [7, 11) is 0. The molecule has 0 amide bonds. The highest BCUT2D eigenvalue weighted by Gasteiger charge is 2.53. The first-order valence-electron chi connectivity index (χ1n) is 20.2. The number of anilines is 2. The second kappa shape index (κ2) is 13.4. The van der Waals surface area contributed by atoms with Crippen LogP contribution < -0.4 is 5.32 Å². The maximum Gasteiger partial charge on any atom is 0.0746 e. The van der Waals surface area contributed by atoms with Gasteiger partial charge in [-0.05, 0) is 108 Å². The highest BCUT2D eigenvalue weighted by Crippen LogP contribution is 2.65. The largest absolute Gasteiger partial charge is 0.355 e. The SMILES string of the molecule is CC1CC=C(c2cc(-c3ccccc3)ccc2-c2ccccc2)C=C1c1ccc2c(c1Nc1ccccc1)C1(c3ccccc3-c3ccccc31)c1ccccc1-2. The molecule has 3 aliphatic rings. The van der Waals surface area contributed by atoms with Crippen molar-refractivity contribution < 1.29 is 0 Å². The Labute approximate surface area is 335 Å². The van der Waals surface area contributed by atoms with Crippen molar-refractivity contribution in [3.8, 4) is 44.5 Å². The predicted molar refractivity (Wildman–Crippen MR) is 240 cm³/mol. The molecule has 0 saturated carbocycles. The van der Waals surface area contributed by atoms with Crippen molar-refractivity contribution in [1.82, 2.24) is 0 Å². The molecule has 0 heterocycles. The molecule has 8 aromatic rings. The lowest BCUT2D eigenvalue weighted by molar-refractivity contribution is 0.759. The zero-order valence-corrected chi connectivity index (χ0v) is 31.9. The van der Waals surface area contributed by atoms with Crippen molar-refractivity contribution in [2.45, 2.75) is 18.8 Å². The third kappa shape index (κ3) is 5.16. The van der Waals surface area contributed by atoms with Gasteiger partial charge in [0.1, 0.15) is 0 Å². The van der Waals surface area contributed by atoms with Crippen LogP contribution in [0, 0.1) is 5.92 Å². The van der Waals surface area contributed by atoms with Gasteiger partial charge in [0.05, 0.1) is 11.1 Å². The van der Waals surface area contributed by atoms with E-state index in [9.17, 15) is 0 Å². The average Bonchev–Trinajstić information content (AvgIpc) is 3.75. The molecule has 1 nitrogen and oxygen atoms in total. The number of fused-ring (bicyclic) bond motifs is 10. The van der Waals surface area contributed by atoms with Gasteiger partial charge in [-0.1, -0.05) is 195 Å². The third-order valence-electron chi connectivity index (χ3n) is 12.6. The second-order valence-corrected chi connectivity index (χ2v) is 15.7. The van der Waals surface area contributed by atoms with Crippen LogP contribution in [0.25, 0.3) is 55.7 Å². The third-order valence-corrected chi connectivity index (χ3v) is 12.6. The fourth-order valence-electron chi connectivity index (χ4n) is 10.0. The van der Waals surface area contributed by atoms with Gasteiger partial charge >= 0.3 is 0 Å². The number of allylic oxidation sites excluding steroid dienone is 4. The summed E-state index contributed by atoms with van der Waals surface area (Å²) >= 11 is 0. The highest BCUT2D eigenvalue weighted by molar-refractivity contribution is 6.02. The van der Waals surface area contributed by atoms with Crippen molar-refractivity contribution >= 4 is 22.5 Å². The molecule has 1 heteroatoms. The summed E-state index contributed by atoms with van der Waals surface area (Å²) in [5.41, 5.74) is 22.4. The molecule has 0 fully saturated rings. The summed E-state index contributed by atoms with van der Waals surface area (Å²) < 4.78 is 0. The highest BCUT2D eigenvalue weighted by atomic mass is 14.9. The number of para-hydroxylation sites is 1. The molecule has 1 spiro atoms. The fourth-order valence-corrected chi connectivity index (χ4v) is 10.0. The molecule has 3 aliphatic carbocycles. The van der Waals surface area contributed by atoms with E-state index in [0.717, 1.165) is 12.1 Å². The Morgan fingerprint density at radius 2 is 0.947 bits per heavy atom. The van der Waals surface area contributed by atoms with E-state index in [2.05, 4.69) is 219 Å². The van der Waals surface area contributed by atoms with Crippen LogP contribution in [0.15, 0.2) is 206 Å². The van der Waals surface area contributed by atoms with Crippen LogP contribution in [0.1, 0.15) is 46.7 Å². The van der Waals surface area contributed by atoms with Crippen molar-refractivity contribution in [2.75, 3.05) is 5.32 Å². The smallest absolute Gasteiger partial charge is 0.0746 e. The lowest BCUT2D eigenvalue weighted by Gasteiger charge is -2.34. The maximum atomic E-state index is 4.10. The first-order valence-corrected chi connectivity index (χ1v) is 20.2. The molecular formula is C56H41N. The second-order valence-electron chi connectivity index (χ2n) is 15.7. The molecule has 57 heavy (non-hydrogen) atoms. The minimum absolute atomic E-state index is 0.309. The number of rotatable bonds is 6. The van der Waals surface area contributed by atoms with Gasteiger partial charge in [-0.15, -0.1) is 0 Å². The fraction of sp³-hybridized carbons (Fsp3) is 0.0714. The minimum Gasteiger partial charge on any atom is -0.355 e. The Bertz CT molecular complexity index is 2830. The van der Waals surface area contributed by atoms with Crippen molar-refractivity contribution in [1.29, 1.82) is 0 Å². The van der Waals surface area contributed by atoms with E-state index in [1.165, 1.54) is 94.7 Å². The molecule has 0 bridgehead atoms. The lowest BCUT2D eigenvalue weighted by Crippen LogP contribution is -2.27. The monoisotopic (exact) mass is 727 g/mol. The molecule has 270 valence electrons. The van der Waals surface area contributed by atoms with Gasteiger partial charge in [0, 0.05) is 16.8 Å². The molecule has 0 radical (unpaired) electrons. The zero-order valence-electron chi connectivity index (χ0n) is 31.9. The van der Waals surface area contributed by atoms with Gasteiger partial charge in [0.15, 0.2) is 0 Å². The molecule has 0 aliphatic heterocycles. The van der Waals surface area contributed by atoms with E-state index in [-0.39, 0.29) is 0 Å². The first-order chi connectivity index (χ1) is 28.2. The van der Waals surface area contributed by atoms with Crippen LogP contribution in [-0.4, -0.2) is 0 Å². The number of hydrogen-bond donors (Lipinski definition) is 1. The minimum atomic E-state index is -0.478. The van der Waals surface area contributed by atoms with Gasteiger partial charge in [-0.3, -0.25) is 0 Å². The first kappa shape index (κ1) is 33.4. The normalized spacial score (nSPS) is 15.6. The molecule has 1 atom stereocenters. The van der Waals surface area contributed by atoms with E-state index in [0.29, 0.717) is 5.92 Å². The van der Waals surface area contributed by atoms with Crippen molar-refractivity contribution in [2.24, 2.45) is 5.92 Å². The topological polar surface area (TPSA) is 12.0 Å². The standard InChI is InChI=1S/C56H41N/c1-37-29-30-41(50-35-40(38-17-5-2-6-18-38)31-32-43(50)39-19-7-3-8-20-39)36-49(37)48-34-33-47-46-25-13-16-28-53(46)56(54(47)55(48)57-42-21-9-4-10-22-42)51-26-14-11-23-44(51)45-24-12-15-27-52(45)56/h2-28,30-37,57H,29H2,1H3. The number of hydrogen-bond acceptors (Lipinski definition) is 1. The van der Waals surface area contributed by atoms with Gasteiger partial charge in [-0.25, -0.2) is 0 Å². The molecule has 1 unspecified atom stereocenters. The Morgan fingerprint density at radius 3 is 1.58 bits per heavy atom. The Balaban J connectivity index is 1.18. The molecule has 0 aromatic heterocycles. The molecule has 11 rings (SSSR count). The van der Waals surface area contributed by atoms with Gasteiger partial charge in [0.2, 0.25) is 0 Å². The van der Waals surface area contributed by atoms with E-state index in [1.807, 2.05) is 0 Å². The van der Waals surface area contributed by atoms with Gasteiger partial charge in [0.25, 0.3) is 0 Å². The molecular weight excluding hydrogens is 687 g/mol. The summed E-state index contributed by atoms with van der Waals surface area (Å²) in [6, 6.07) is 71.4. The van der Waals surface area contributed by atoms with Gasteiger partial charge < -0.3 is 5.32 Å². The Kier molecular flexibility index (Phi) is 7.82. The van der Waals surface area contributed by atoms with Crippen molar-refractivity contribution in [3.05, 3.63) is 240 Å². The van der Waals surface area contributed by atoms with Crippen LogP contribution in [0.2, 0.25) is 0 Å². The van der Waals surface area contributed by atoms with Gasteiger partial charge in [-0.2, -0.15) is 0 Å². The number of benzene rings is 8. The molecule has 0 saturated heterocycles. The van der Waals surface area contributed by atoms with Crippen LogP contribution in [0.5, 0.6) is 0 Å². The lowest BCUT2D eigenvalue weighted by atomic mass is 9.69. The summed E-state index contributed by atoms with van der Waals surface area (Å²) in [5.74, 6) is 0.309.